The third kappa shape index (κ3) is 8.15. The van der Waals surface area contributed by atoms with Crippen molar-refractivity contribution in [1.82, 2.24) is 20.5 Å². The van der Waals surface area contributed by atoms with Gasteiger partial charge in [-0.05, 0) is 43.2 Å². The fraction of sp³-hybridized carbons (Fsp3) is 0.548. The highest BCUT2D eigenvalue weighted by Crippen LogP contribution is 2.29. The molecule has 8 nitrogen and oxygen atoms in total. The fourth-order valence-corrected chi connectivity index (χ4v) is 5.75. The van der Waals surface area contributed by atoms with E-state index in [4.69, 9.17) is 6.42 Å². The Labute approximate surface area is 242 Å². The first-order chi connectivity index (χ1) is 18.9. The van der Waals surface area contributed by atoms with Crippen molar-refractivity contribution in [1.29, 1.82) is 0 Å². The normalized spacial score (nSPS) is 18.6. The number of β-amino-alcohol motifs (C(OH)–C–C–N with tert-alkyl or cyclic N) is 1. The van der Waals surface area contributed by atoms with Gasteiger partial charge in [-0.1, -0.05) is 51.5 Å². The lowest BCUT2D eigenvalue weighted by atomic mass is 9.85. The lowest BCUT2D eigenvalue weighted by molar-refractivity contribution is -0.144. The first kappa shape index (κ1) is 31.3. The van der Waals surface area contributed by atoms with Gasteiger partial charge in [-0.3, -0.25) is 14.4 Å². The van der Waals surface area contributed by atoms with Crippen LogP contribution in [0.1, 0.15) is 83.5 Å². The van der Waals surface area contributed by atoms with Crippen LogP contribution < -0.4 is 10.6 Å². The molecular formula is C31H42N4O4S. The zero-order valence-corrected chi connectivity index (χ0v) is 25.0. The second kappa shape index (κ2) is 13.9. The number of nitrogens with zero attached hydrogens (tertiary/aromatic N) is 2. The highest BCUT2D eigenvalue weighted by Gasteiger charge is 2.44. The Bertz CT molecular complexity index is 1210. The maximum absolute atomic E-state index is 13.7. The maximum Gasteiger partial charge on any atom is 0.246 e. The molecule has 3 N–H and O–H groups in total. The Balaban J connectivity index is 1.66. The highest BCUT2D eigenvalue weighted by molar-refractivity contribution is 7.13. The zero-order chi connectivity index (χ0) is 29.4. The number of aromatic nitrogens is 1. The van der Waals surface area contributed by atoms with Gasteiger partial charge >= 0.3 is 0 Å². The number of unbranched alkanes of at least 4 members (excludes halogenated alkanes) is 3. The van der Waals surface area contributed by atoms with Gasteiger partial charge in [0.25, 0.3) is 0 Å². The van der Waals surface area contributed by atoms with Gasteiger partial charge in [-0.2, -0.15) is 0 Å². The van der Waals surface area contributed by atoms with Crippen LogP contribution in [0.15, 0.2) is 29.8 Å². The molecule has 4 atom stereocenters. The minimum absolute atomic E-state index is 0.0444. The molecule has 1 fully saturated rings. The Morgan fingerprint density at radius 3 is 2.48 bits per heavy atom. The lowest BCUT2D eigenvalue weighted by Crippen LogP contribution is -2.57. The number of likely N-dealkylation sites (tertiary alicyclic amines) is 1. The van der Waals surface area contributed by atoms with Crippen molar-refractivity contribution in [3.63, 3.8) is 0 Å². The second-order valence-corrected chi connectivity index (χ2v) is 12.5. The quantitative estimate of drug-likeness (QED) is 0.276. The number of amides is 3. The molecule has 0 spiro atoms. The minimum atomic E-state index is -0.827. The number of aliphatic hydroxyl groups is 1. The van der Waals surface area contributed by atoms with Crippen molar-refractivity contribution in [3.8, 4) is 22.8 Å². The number of carbonyl (C=O) groups is 3. The van der Waals surface area contributed by atoms with Crippen molar-refractivity contribution in [2.45, 2.75) is 97.4 Å². The smallest absolute Gasteiger partial charge is 0.246 e. The van der Waals surface area contributed by atoms with E-state index in [0.717, 1.165) is 34.5 Å². The van der Waals surface area contributed by atoms with E-state index in [-0.39, 0.29) is 36.7 Å². The predicted octanol–water partition coefficient (Wildman–Crippen LogP) is 4.37. The van der Waals surface area contributed by atoms with Gasteiger partial charge in [0.1, 0.15) is 12.1 Å². The van der Waals surface area contributed by atoms with E-state index >= 15 is 0 Å². The second-order valence-electron chi connectivity index (χ2n) is 11.6. The maximum atomic E-state index is 13.7. The number of rotatable bonds is 11. The van der Waals surface area contributed by atoms with Gasteiger partial charge in [0, 0.05) is 25.8 Å². The summed E-state index contributed by atoms with van der Waals surface area (Å²) in [6, 6.07) is 6.03. The largest absolute Gasteiger partial charge is 0.391 e. The van der Waals surface area contributed by atoms with Gasteiger partial charge in [0.2, 0.25) is 17.7 Å². The average molecular weight is 567 g/mol. The van der Waals surface area contributed by atoms with E-state index in [1.54, 1.807) is 11.3 Å². The lowest BCUT2D eigenvalue weighted by Gasteiger charge is -2.35. The van der Waals surface area contributed by atoms with Crippen molar-refractivity contribution in [2.75, 3.05) is 6.54 Å². The topological polar surface area (TPSA) is 112 Å². The van der Waals surface area contributed by atoms with Crippen LogP contribution in [-0.2, 0) is 14.4 Å². The molecule has 1 aliphatic rings. The summed E-state index contributed by atoms with van der Waals surface area (Å²) in [4.78, 5) is 46.7. The third-order valence-corrected chi connectivity index (χ3v) is 8.26. The summed E-state index contributed by atoms with van der Waals surface area (Å²) in [5.41, 5.74) is 4.21. The van der Waals surface area contributed by atoms with Crippen molar-refractivity contribution in [3.05, 3.63) is 41.0 Å². The molecule has 0 saturated carbocycles. The van der Waals surface area contributed by atoms with E-state index in [9.17, 15) is 19.5 Å². The Hall–Kier alpha value is -3.22. The van der Waals surface area contributed by atoms with Crippen LogP contribution in [0.4, 0.5) is 0 Å². The summed E-state index contributed by atoms with van der Waals surface area (Å²) < 4.78 is 0. The minimum Gasteiger partial charge on any atom is -0.391 e. The Kier molecular flexibility index (Phi) is 10.9. The molecule has 1 aromatic carbocycles. The first-order valence-corrected chi connectivity index (χ1v) is 14.8. The molecule has 3 amide bonds. The number of hydrogen-bond donors (Lipinski definition) is 3. The number of aryl methyl sites for hydroxylation is 1. The Morgan fingerprint density at radius 2 is 1.88 bits per heavy atom. The summed E-state index contributed by atoms with van der Waals surface area (Å²) in [6.07, 6.45) is 8.00. The van der Waals surface area contributed by atoms with Gasteiger partial charge in [-0.25, -0.2) is 4.98 Å². The number of nitrogens with one attached hydrogen (secondary N) is 2. The average Bonchev–Trinajstić information content (AvgIpc) is 3.51. The first-order valence-electron chi connectivity index (χ1n) is 13.9. The monoisotopic (exact) mass is 566 g/mol. The number of terminal acetylenes is 1. The van der Waals surface area contributed by atoms with E-state index in [2.05, 4.69) is 21.5 Å². The molecule has 3 rings (SSSR count). The summed E-state index contributed by atoms with van der Waals surface area (Å²) in [5.74, 6) is 1.70. The predicted molar refractivity (Wildman–Crippen MR) is 158 cm³/mol. The standard InChI is InChI=1S/C31H42N4O4S/c1-7-8-9-10-11-12-26(37)34-28(31(4,5)6)30(39)35-18-24(36)17-25(35)29(38)33-20(2)22-13-15-23(16-14-22)27-21(3)32-19-40-27/h1,13-16,19-20,24-25,28,36H,8-12,17-18H2,2-6H3,(H,33,38)(H,34,37). The van der Waals surface area contributed by atoms with Crippen LogP contribution in [0.3, 0.4) is 0 Å². The Morgan fingerprint density at radius 1 is 1.18 bits per heavy atom. The van der Waals surface area contributed by atoms with Crippen LogP contribution >= 0.6 is 11.3 Å². The van der Waals surface area contributed by atoms with Crippen LogP contribution in [-0.4, -0.2) is 57.4 Å². The molecule has 1 saturated heterocycles. The van der Waals surface area contributed by atoms with E-state index in [0.29, 0.717) is 19.3 Å². The van der Waals surface area contributed by atoms with Gasteiger partial charge in [0.05, 0.1) is 28.2 Å². The number of carbonyl (C=O) groups excluding carboxylic acids is 3. The molecule has 0 radical (unpaired) electrons. The summed E-state index contributed by atoms with van der Waals surface area (Å²) >= 11 is 1.59. The van der Waals surface area contributed by atoms with Gasteiger partial charge in [0.15, 0.2) is 0 Å². The molecule has 2 heterocycles. The molecular weight excluding hydrogens is 524 g/mol. The van der Waals surface area contributed by atoms with Crippen LogP contribution in [0.2, 0.25) is 0 Å². The van der Waals surface area contributed by atoms with Crippen LogP contribution in [0.25, 0.3) is 10.4 Å². The van der Waals surface area contributed by atoms with Crippen molar-refractivity contribution in [2.24, 2.45) is 5.41 Å². The van der Waals surface area contributed by atoms with Crippen LogP contribution in [0, 0.1) is 24.7 Å². The number of benzene rings is 1. The third-order valence-electron chi connectivity index (χ3n) is 7.29. The molecule has 9 heteroatoms. The highest BCUT2D eigenvalue weighted by atomic mass is 32.1. The molecule has 0 aliphatic carbocycles. The molecule has 2 aromatic rings. The van der Waals surface area contributed by atoms with E-state index in [1.807, 2.05) is 64.4 Å². The molecule has 40 heavy (non-hydrogen) atoms. The summed E-state index contributed by atoms with van der Waals surface area (Å²) in [7, 11) is 0. The SMILES string of the molecule is C#CCCCCCC(=O)NC(C(=O)N1CC(O)CC1C(=O)NC(C)c1ccc(-c2scnc2C)cc1)C(C)(C)C. The molecule has 1 aliphatic heterocycles. The fourth-order valence-electron chi connectivity index (χ4n) is 4.94. The summed E-state index contributed by atoms with van der Waals surface area (Å²) in [6.45, 7) is 9.55. The van der Waals surface area contributed by atoms with Gasteiger partial charge in [-0.15, -0.1) is 23.7 Å². The van der Waals surface area contributed by atoms with Crippen LogP contribution in [0.5, 0.6) is 0 Å². The van der Waals surface area contributed by atoms with Gasteiger partial charge < -0.3 is 20.6 Å². The molecule has 216 valence electrons. The van der Waals surface area contributed by atoms with E-state index in [1.165, 1.54) is 4.90 Å². The number of thiazole rings is 1. The zero-order valence-electron chi connectivity index (χ0n) is 24.2. The number of hydrogen-bond acceptors (Lipinski definition) is 6. The summed E-state index contributed by atoms with van der Waals surface area (Å²) in [5, 5.41) is 16.4. The molecule has 1 aromatic heterocycles. The number of aliphatic hydroxyl groups excluding tert-OH is 1. The van der Waals surface area contributed by atoms with E-state index < -0.39 is 23.6 Å². The molecule has 4 unspecified atom stereocenters. The van der Waals surface area contributed by atoms with Crippen molar-refractivity contribution >= 4 is 29.1 Å². The molecule has 0 bridgehead atoms. The van der Waals surface area contributed by atoms with Crippen molar-refractivity contribution < 1.29 is 19.5 Å².